The zero-order chi connectivity index (χ0) is 27.5. The van der Waals surface area contributed by atoms with E-state index in [0.29, 0.717) is 17.2 Å². The summed E-state index contributed by atoms with van der Waals surface area (Å²) in [5.41, 5.74) is 1.09. The molecule has 0 bridgehead atoms. The summed E-state index contributed by atoms with van der Waals surface area (Å²) < 4.78 is 102. The molecule has 3 rings (SSSR count). The molecule has 1 saturated heterocycles. The first-order valence-electron chi connectivity index (χ1n) is 10.6. The number of carbonyl (C=O) groups excluding carboxylic acids is 2. The molecule has 0 aliphatic carbocycles. The third-order valence-corrected chi connectivity index (χ3v) is 5.34. The van der Waals surface area contributed by atoms with E-state index in [-0.39, 0.29) is 23.7 Å². The second-order valence-electron chi connectivity index (χ2n) is 8.17. The van der Waals surface area contributed by atoms with Gasteiger partial charge in [-0.25, -0.2) is 13.8 Å². The number of rotatable bonds is 7. The third-order valence-electron chi connectivity index (χ3n) is 5.34. The van der Waals surface area contributed by atoms with Crippen LogP contribution in [0.5, 0.6) is 0 Å². The molecule has 0 radical (unpaired) electrons. The van der Waals surface area contributed by atoms with E-state index in [9.17, 15) is 44.7 Å². The van der Waals surface area contributed by atoms with E-state index in [0.717, 1.165) is 0 Å². The zero-order valence-electron chi connectivity index (χ0n) is 18.9. The Labute approximate surface area is 204 Å². The normalized spacial score (nSPS) is 18.2. The van der Waals surface area contributed by atoms with Gasteiger partial charge in [0.1, 0.15) is 18.3 Å². The number of pyridine rings is 1. The van der Waals surface area contributed by atoms with Gasteiger partial charge in [0.2, 0.25) is 5.91 Å². The molecule has 2 heterocycles. The molecule has 1 aromatic heterocycles. The molecule has 2 amide bonds. The Bertz CT molecular complexity index is 1150. The van der Waals surface area contributed by atoms with Gasteiger partial charge in [-0.05, 0) is 36.2 Å². The monoisotopic (exact) mass is 540 g/mol. The number of amides is 2. The molecular formula is C22H20F8N4O3. The first kappa shape index (κ1) is 28.2. The van der Waals surface area contributed by atoms with Crippen LogP contribution in [0.2, 0.25) is 0 Å². The molecule has 1 fully saturated rings. The highest BCUT2D eigenvalue weighted by Crippen LogP contribution is 2.38. The highest BCUT2D eigenvalue weighted by atomic mass is 19.4. The number of nitrogens with zero attached hydrogens (tertiary/aromatic N) is 1. The van der Waals surface area contributed by atoms with Crippen molar-refractivity contribution in [3.8, 4) is 0 Å². The molecule has 37 heavy (non-hydrogen) atoms. The Morgan fingerprint density at radius 2 is 1.81 bits per heavy atom. The Kier molecular flexibility index (Phi) is 8.37. The molecule has 2 atom stereocenters. The molecule has 1 aliphatic heterocycles. The van der Waals surface area contributed by atoms with Crippen molar-refractivity contribution in [3.63, 3.8) is 0 Å². The largest absolute Gasteiger partial charge is 0.416 e. The van der Waals surface area contributed by atoms with Crippen LogP contribution in [-0.4, -0.2) is 36.1 Å². The number of carbonyl (C=O) groups is 2. The van der Waals surface area contributed by atoms with Crippen LogP contribution in [0.3, 0.4) is 0 Å². The molecule has 7 nitrogen and oxygen atoms in total. The summed E-state index contributed by atoms with van der Waals surface area (Å²) in [6.07, 6.45) is -13.7. The topological polar surface area (TPSA) is 92.3 Å². The van der Waals surface area contributed by atoms with Gasteiger partial charge in [-0.1, -0.05) is 12.1 Å². The number of hydroxylamine groups is 1. The third kappa shape index (κ3) is 7.58. The number of aryl methyl sites for hydroxylation is 1. The molecule has 15 heteroatoms. The summed E-state index contributed by atoms with van der Waals surface area (Å²) in [6, 6.07) is 4.79. The quantitative estimate of drug-likeness (QED) is 0.451. The minimum atomic E-state index is -4.86. The van der Waals surface area contributed by atoms with Gasteiger partial charge in [-0.3, -0.25) is 14.4 Å². The van der Waals surface area contributed by atoms with Crippen molar-refractivity contribution in [2.45, 2.75) is 44.3 Å². The second-order valence-corrected chi connectivity index (χ2v) is 8.17. The van der Waals surface area contributed by atoms with E-state index < -0.39 is 67.1 Å². The first-order chi connectivity index (χ1) is 17.1. The fourth-order valence-corrected chi connectivity index (χ4v) is 3.55. The van der Waals surface area contributed by atoms with Crippen molar-refractivity contribution in [1.29, 1.82) is 0 Å². The van der Waals surface area contributed by atoms with Gasteiger partial charge >= 0.3 is 12.4 Å². The van der Waals surface area contributed by atoms with E-state index in [4.69, 9.17) is 4.84 Å². The van der Waals surface area contributed by atoms with Crippen LogP contribution in [0, 0.1) is 6.92 Å². The minimum absolute atomic E-state index is 0.0430. The molecule has 2 unspecified atom stereocenters. The van der Waals surface area contributed by atoms with Crippen LogP contribution in [0.15, 0.2) is 30.3 Å². The average Bonchev–Trinajstić information content (AvgIpc) is 3.30. The summed E-state index contributed by atoms with van der Waals surface area (Å²) in [5.74, 6) is -1.75. The van der Waals surface area contributed by atoms with Crippen molar-refractivity contribution in [2.24, 2.45) is 0 Å². The molecule has 1 aromatic carbocycles. The van der Waals surface area contributed by atoms with Crippen molar-refractivity contribution >= 4 is 11.8 Å². The van der Waals surface area contributed by atoms with Crippen LogP contribution in [0.1, 0.15) is 63.4 Å². The van der Waals surface area contributed by atoms with Gasteiger partial charge < -0.3 is 10.6 Å². The highest BCUT2D eigenvalue weighted by molar-refractivity contribution is 5.97. The Morgan fingerprint density at radius 3 is 2.41 bits per heavy atom. The van der Waals surface area contributed by atoms with E-state index in [2.05, 4.69) is 15.8 Å². The standard InChI is InChI=1S/C22H20F8N4O3/c1-10-4-11(2-3-13(10)20(36)31-8-18(35)32-9-21(25,26)27)14-7-17(37-34-14)15-5-12(22(28,29)30)6-16(33-15)19(23)24/h2-6,14,17,19,34H,7-9H2,1H3,(H,31,36)(H,32,35). The predicted octanol–water partition coefficient (Wildman–Crippen LogP) is 4.46. The molecule has 2 aromatic rings. The maximum Gasteiger partial charge on any atom is 0.416 e. The summed E-state index contributed by atoms with van der Waals surface area (Å²) >= 11 is 0. The maximum absolute atomic E-state index is 13.1. The van der Waals surface area contributed by atoms with Gasteiger partial charge in [0, 0.05) is 12.0 Å². The summed E-state index contributed by atoms with van der Waals surface area (Å²) in [4.78, 5) is 32.7. The van der Waals surface area contributed by atoms with Crippen LogP contribution < -0.4 is 16.1 Å². The number of nitrogens with one attached hydrogen (secondary N) is 3. The van der Waals surface area contributed by atoms with E-state index in [1.54, 1.807) is 18.3 Å². The lowest BCUT2D eigenvalue weighted by Crippen LogP contribution is -2.41. The first-order valence-corrected chi connectivity index (χ1v) is 10.6. The van der Waals surface area contributed by atoms with Crippen molar-refractivity contribution in [3.05, 3.63) is 64.0 Å². The lowest BCUT2D eigenvalue weighted by atomic mass is 9.96. The van der Waals surface area contributed by atoms with Crippen LogP contribution >= 0.6 is 0 Å². The van der Waals surface area contributed by atoms with E-state index in [1.165, 1.54) is 12.1 Å². The average molecular weight is 540 g/mol. The lowest BCUT2D eigenvalue weighted by Gasteiger charge is -2.14. The molecule has 1 aliphatic rings. The van der Waals surface area contributed by atoms with Gasteiger partial charge in [0.25, 0.3) is 12.3 Å². The Morgan fingerprint density at radius 1 is 1.11 bits per heavy atom. The van der Waals surface area contributed by atoms with Crippen LogP contribution in [0.4, 0.5) is 35.1 Å². The minimum Gasteiger partial charge on any atom is -0.345 e. The van der Waals surface area contributed by atoms with Gasteiger partial charge in [-0.15, -0.1) is 0 Å². The zero-order valence-corrected chi connectivity index (χ0v) is 18.9. The Hall–Kier alpha value is -3.33. The summed E-state index contributed by atoms with van der Waals surface area (Å²) in [5, 5.41) is 3.82. The van der Waals surface area contributed by atoms with Gasteiger partial charge in [0.05, 0.1) is 23.8 Å². The van der Waals surface area contributed by atoms with Gasteiger partial charge in [-0.2, -0.15) is 31.8 Å². The van der Waals surface area contributed by atoms with E-state index >= 15 is 0 Å². The number of alkyl halides is 8. The summed E-state index contributed by atoms with van der Waals surface area (Å²) in [7, 11) is 0. The molecule has 202 valence electrons. The molecule has 0 spiro atoms. The maximum atomic E-state index is 13.1. The van der Waals surface area contributed by atoms with Crippen molar-refractivity contribution < 1.29 is 49.5 Å². The van der Waals surface area contributed by atoms with E-state index in [1.807, 2.05) is 0 Å². The van der Waals surface area contributed by atoms with Crippen LogP contribution in [0.25, 0.3) is 0 Å². The Balaban J connectivity index is 1.67. The fraction of sp³-hybridized carbons (Fsp3) is 0.409. The SMILES string of the molecule is Cc1cc(C2CC(c3cc(C(F)(F)F)cc(C(F)F)n3)ON2)ccc1C(=O)NCC(=O)NCC(F)(F)F. The number of halogens is 8. The molecule has 3 N–H and O–H groups in total. The number of aromatic nitrogens is 1. The fourth-order valence-electron chi connectivity index (χ4n) is 3.55. The lowest BCUT2D eigenvalue weighted by molar-refractivity contribution is -0.138. The highest BCUT2D eigenvalue weighted by Gasteiger charge is 2.36. The smallest absolute Gasteiger partial charge is 0.345 e. The van der Waals surface area contributed by atoms with Gasteiger partial charge in [0.15, 0.2) is 0 Å². The number of hydrogen-bond acceptors (Lipinski definition) is 5. The number of benzene rings is 1. The number of hydrogen-bond donors (Lipinski definition) is 3. The second kappa shape index (κ2) is 11.0. The van der Waals surface area contributed by atoms with Crippen molar-refractivity contribution in [2.75, 3.05) is 13.1 Å². The van der Waals surface area contributed by atoms with Crippen molar-refractivity contribution in [1.82, 2.24) is 21.1 Å². The predicted molar refractivity (Wildman–Crippen MR) is 111 cm³/mol. The summed E-state index contributed by atoms with van der Waals surface area (Å²) in [6.45, 7) is -0.661. The molecular weight excluding hydrogens is 520 g/mol. The molecule has 0 saturated carbocycles. The van der Waals surface area contributed by atoms with Crippen LogP contribution in [-0.2, 0) is 15.8 Å².